The van der Waals surface area contributed by atoms with Crippen LogP contribution in [0.4, 0.5) is 0 Å². The van der Waals surface area contributed by atoms with Gasteiger partial charge in [0.2, 0.25) is 0 Å². The summed E-state index contributed by atoms with van der Waals surface area (Å²) < 4.78 is 29.0. The largest absolute Gasteiger partial charge is 0.339 e. The van der Waals surface area contributed by atoms with Gasteiger partial charge in [-0.2, -0.15) is 4.31 Å². The predicted octanol–water partition coefficient (Wildman–Crippen LogP) is 1.55. The summed E-state index contributed by atoms with van der Waals surface area (Å²) in [7, 11) is 2.22. The van der Waals surface area contributed by atoms with Gasteiger partial charge >= 0.3 is 0 Å². The first-order chi connectivity index (χ1) is 10.4. The van der Waals surface area contributed by atoms with Crippen LogP contribution in [0.1, 0.15) is 32.1 Å². The lowest BCUT2D eigenvalue weighted by Gasteiger charge is -2.29. The van der Waals surface area contributed by atoms with Crippen molar-refractivity contribution in [1.82, 2.24) is 18.8 Å². The third-order valence-electron chi connectivity index (χ3n) is 4.27. The molecule has 6 nitrogen and oxygen atoms in total. The lowest BCUT2D eigenvalue weighted by atomic mass is 9.89. The van der Waals surface area contributed by atoms with Gasteiger partial charge in [0.15, 0.2) is 5.03 Å². The molecule has 0 atom stereocenters. The van der Waals surface area contributed by atoms with Crippen LogP contribution >= 0.6 is 0 Å². The monoisotopic (exact) mass is 328 g/mol. The summed E-state index contributed by atoms with van der Waals surface area (Å²) in [6.45, 7) is 1.86. The third-order valence-corrected chi connectivity index (χ3v) is 6.02. The first-order valence-electron chi connectivity index (χ1n) is 8.02. The Morgan fingerprint density at radius 1 is 1.23 bits per heavy atom. The van der Waals surface area contributed by atoms with Crippen LogP contribution in [0, 0.1) is 5.92 Å². The SMILES string of the molecule is CN(C)CCN(CC1CCCCC1)S(=O)(=O)c1cn(C)cn1. The van der Waals surface area contributed by atoms with E-state index in [2.05, 4.69) is 4.98 Å². The zero-order valence-corrected chi connectivity index (χ0v) is 14.7. The predicted molar refractivity (Wildman–Crippen MR) is 87.1 cm³/mol. The Morgan fingerprint density at radius 3 is 2.45 bits per heavy atom. The minimum atomic E-state index is -3.50. The molecular weight excluding hydrogens is 300 g/mol. The number of rotatable bonds is 7. The van der Waals surface area contributed by atoms with Crippen LogP contribution in [-0.2, 0) is 17.1 Å². The van der Waals surface area contributed by atoms with Gasteiger partial charge < -0.3 is 9.47 Å². The van der Waals surface area contributed by atoms with E-state index < -0.39 is 10.0 Å². The third kappa shape index (κ3) is 4.54. The van der Waals surface area contributed by atoms with Crippen molar-refractivity contribution in [2.24, 2.45) is 13.0 Å². The molecule has 1 aromatic heterocycles. The summed E-state index contributed by atoms with van der Waals surface area (Å²) in [6.07, 6.45) is 9.11. The molecule has 1 saturated carbocycles. The smallest absolute Gasteiger partial charge is 0.262 e. The number of imidazole rings is 1. The van der Waals surface area contributed by atoms with Crippen LogP contribution in [0.3, 0.4) is 0 Å². The molecule has 22 heavy (non-hydrogen) atoms. The number of aromatic nitrogens is 2. The van der Waals surface area contributed by atoms with E-state index in [1.807, 2.05) is 19.0 Å². The molecule has 126 valence electrons. The van der Waals surface area contributed by atoms with Gasteiger partial charge in [-0.15, -0.1) is 0 Å². The van der Waals surface area contributed by atoms with Crippen molar-refractivity contribution in [3.63, 3.8) is 0 Å². The molecule has 1 heterocycles. The van der Waals surface area contributed by atoms with E-state index in [1.165, 1.54) is 25.6 Å². The Balaban J connectivity index is 2.14. The molecular formula is C15H28N4O2S. The Morgan fingerprint density at radius 2 is 1.91 bits per heavy atom. The number of aryl methyl sites for hydroxylation is 1. The van der Waals surface area contributed by atoms with Crippen LogP contribution in [-0.4, -0.2) is 60.9 Å². The van der Waals surface area contributed by atoms with Crippen LogP contribution in [0.15, 0.2) is 17.6 Å². The van der Waals surface area contributed by atoms with Gasteiger partial charge in [0.25, 0.3) is 10.0 Å². The number of nitrogens with zero attached hydrogens (tertiary/aromatic N) is 4. The van der Waals surface area contributed by atoms with E-state index in [0.29, 0.717) is 19.0 Å². The highest BCUT2D eigenvalue weighted by Crippen LogP contribution is 2.26. The van der Waals surface area contributed by atoms with Crippen molar-refractivity contribution in [3.05, 3.63) is 12.5 Å². The summed E-state index contributed by atoms with van der Waals surface area (Å²) in [5, 5.41) is 0.157. The molecule has 1 aromatic rings. The van der Waals surface area contributed by atoms with E-state index in [-0.39, 0.29) is 5.03 Å². The van der Waals surface area contributed by atoms with Gasteiger partial charge in [-0.3, -0.25) is 0 Å². The Kier molecular flexibility index (Phi) is 6.00. The molecule has 0 aliphatic heterocycles. The highest BCUT2D eigenvalue weighted by Gasteiger charge is 2.29. The number of hydrogen-bond acceptors (Lipinski definition) is 4. The summed E-state index contributed by atoms with van der Waals surface area (Å²) in [6, 6.07) is 0. The molecule has 0 saturated heterocycles. The van der Waals surface area contributed by atoms with Gasteiger partial charge in [0.1, 0.15) is 0 Å². The van der Waals surface area contributed by atoms with E-state index in [1.54, 1.807) is 22.1 Å². The van der Waals surface area contributed by atoms with Crippen LogP contribution in [0.2, 0.25) is 0 Å². The molecule has 1 aliphatic rings. The average Bonchev–Trinajstić information content (AvgIpc) is 2.91. The second-order valence-electron chi connectivity index (χ2n) is 6.55. The minimum Gasteiger partial charge on any atom is -0.339 e. The van der Waals surface area contributed by atoms with Crippen LogP contribution in [0.25, 0.3) is 0 Å². The first kappa shape index (κ1) is 17.4. The normalized spacial score (nSPS) is 17.5. The molecule has 0 amide bonds. The fourth-order valence-corrected chi connectivity index (χ4v) is 4.41. The summed E-state index contributed by atoms with van der Waals surface area (Å²) >= 11 is 0. The first-order valence-corrected chi connectivity index (χ1v) is 9.46. The number of hydrogen-bond donors (Lipinski definition) is 0. The Hall–Kier alpha value is -0.920. The Bertz CT molecular complexity index is 562. The topological polar surface area (TPSA) is 58.4 Å². The molecule has 0 radical (unpaired) electrons. The molecule has 0 spiro atoms. The van der Waals surface area contributed by atoms with Crippen molar-refractivity contribution in [1.29, 1.82) is 0 Å². The average molecular weight is 328 g/mol. The second kappa shape index (κ2) is 7.57. The second-order valence-corrected chi connectivity index (χ2v) is 8.43. The van der Waals surface area contributed by atoms with Crippen molar-refractivity contribution < 1.29 is 8.42 Å². The van der Waals surface area contributed by atoms with Gasteiger partial charge in [-0.1, -0.05) is 19.3 Å². The quantitative estimate of drug-likeness (QED) is 0.762. The standard InChI is InChI=1S/C15H28N4O2S/c1-17(2)9-10-19(11-14-7-5-4-6-8-14)22(20,21)15-12-18(3)13-16-15/h12-14H,4-11H2,1-3H3. The molecule has 1 aliphatic carbocycles. The number of likely N-dealkylation sites (N-methyl/N-ethyl adjacent to an activating group) is 1. The molecule has 0 aromatic carbocycles. The maximum Gasteiger partial charge on any atom is 0.262 e. The molecule has 0 unspecified atom stereocenters. The summed E-state index contributed by atoms with van der Waals surface area (Å²) in [5.41, 5.74) is 0. The molecule has 1 fully saturated rings. The van der Waals surface area contributed by atoms with E-state index >= 15 is 0 Å². The van der Waals surface area contributed by atoms with E-state index in [4.69, 9.17) is 0 Å². The summed E-state index contributed by atoms with van der Waals surface area (Å²) in [4.78, 5) is 6.06. The fourth-order valence-electron chi connectivity index (χ4n) is 2.93. The molecule has 2 rings (SSSR count). The highest BCUT2D eigenvalue weighted by atomic mass is 32.2. The van der Waals surface area contributed by atoms with Gasteiger partial charge in [0, 0.05) is 32.9 Å². The molecule has 0 bridgehead atoms. The highest BCUT2D eigenvalue weighted by molar-refractivity contribution is 7.89. The van der Waals surface area contributed by atoms with Crippen molar-refractivity contribution >= 4 is 10.0 Å². The Labute approximate surface area is 134 Å². The van der Waals surface area contributed by atoms with Gasteiger partial charge in [0.05, 0.1) is 6.33 Å². The zero-order valence-electron chi connectivity index (χ0n) is 13.9. The lowest BCUT2D eigenvalue weighted by Crippen LogP contribution is -2.40. The van der Waals surface area contributed by atoms with Gasteiger partial charge in [-0.05, 0) is 32.9 Å². The maximum absolute atomic E-state index is 12.9. The zero-order chi connectivity index (χ0) is 16.2. The molecule has 7 heteroatoms. The van der Waals surface area contributed by atoms with E-state index in [0.717, 1.165) is 19.4 Å². The number of sulfonamides is 1. The molecule has 0 N–H and O–H groups in total. The van der Waals surface area contributed by atoms with E-state index in [9.17, 15) is 8.42 Å². The minimum absolute atomic E-state index is 0.157. The van der Waals surface area contributed by atoms with Gasteiger partial charge in [-0.25, -0.2) is 13.4 Å². The van der Waals surface area contributed by atoms with Crippen molar-refractivity contribution in [3.8, 4) is 0 Å². The van der Waals surface area contributed by atoms with Crippen molar-refractivity contribution in [2.75, 3.05) is 33.7 Å². The van der Waals surface area contributed by atoms with Crippen LogP contribution < -0.4 is 0 Å². The lowest BCUT2D eigenvalue weighted by molar-refractivity contribution is 0.260. The maximum atomic E-state index is 12.9. The van der Waals surface area contributed by atoms with Crippen LogP contribution in [0.5, 0.6) is 0 Å². The van der Waals surface area contributed by atoms with Crippen molar-refractivity contribution in [2.45, 2.75) is 37.1 Å². The fraction of sp³-hybridized carbons (Fsp3) is 0.800. The summed E-state index contributed by atoms with van der Waals surface area (Å²) in [5.74, 6) is 0.481.